The Bertz CT molecular complexity index is 700. The second kappa shape index (κ2) is 8.32. The summed E-state index contributed by atoms with van der Waals surface area (Å²) in [6, 6.07) is 12.5. The van der Waals surface area contributed by atoms with Crippen LogP contribution in [0.5, 0.6) is 11.5 Å². The Morgan fingerprint density at radius 3 is 2.52 bits per heavy atom. The zero-order chi connectivity index (χ0) is 17.6. The third kappa shape index (κ3) is 3.94. The number of nitrogens with zero attached hydrogens (tertiary/aromatic N) is 1. The van der Waals surface area contributed by atoms with Gasteiger partial charge in [-0.15, -0.1) is 0 Å². The fraction of sp³-hybridized carbons (Fsp3) is 0.400. The monoisotopic (exact) mass is 344 g/mol. The van der Waals surface area contributed by atoms with Crippen molar-refractivity contribution in [3.8, 4) is 11.5 Å². The summed E-state index contributed by atoms with van der Waals surface area (Å²) >= 11 is 0. The number of para-hydroxylation sites is 1. The first-order valence-electron chi connectivity index (χ1n) is 8.65. The molecule has 4 nitrogen and oxygen atoms in total. The SMILES string of the molecule is COc1ccccc1C(c1cc(F)ccc1OC)N1CCCNCC1. The van der Waals surface area contributed by atoms with Crippen LogP contribution >= 0.6 is 0 Å². The van der Waals surface area contributed by atoms with Gasteiger partial charge in [-0.05, 0) is 37.2 Å². The van der Waals surface area contributed by atoms with E-state index in [1.165, 1.54) is 6.07 Å². The summed E-state index contributed by atoms with van der Waals surface area (Å²) in [6.45, 7) is 3.70. The Hall–Kier alpha value is -2.11. The van der Waals surface area contributed by atoms with Gasteiger partial charge in [-0.1, -0.05) is 18.2 Å². The summed E-state index contributed by atoms with van der Waals surface area (Å²) in [5.74, 6) is 1.23. The number of ether oxygens (including phenoxy) is 2. The highest BCUT2D eigenvalue weighted by Gasteiger charge is 2.28. The molecule has 1 saturated heterocycles. The van der Waals surface area contributed by atoms with E-state index in [-0.39, 0.29) is 11.9 Å². The minimum Gasteiger partial charge on any atom is -0.496 e. The number of methoxy groups -OCH3 is 2. The standard InChI is InChI=1S/C20H25FN2O2/c1-24-18-7-4-3-6-16(18)20(23-12-5-10-22-11-13-23)17-14-15(21)8-9-19(17)25-2/h3-4,6-9,14,20,22H,5,10-13H2,1-2H3. The van der Waals surface area contributed by atoms with E-state index in [0.717, 1.165) is 49.5 Å². The van der Waals surface area contributed by atoms with Gasteiger partial charge in [0, 0.05) is 30.8 Å². The molecule has 0 bridgehead atoms. The highest BCUT2D eigenvalue weighted by atomic mass is 19.1. The lowest BCUT2D eigenvalue weighted by Gasteiger charge is -2.33. The van der Waals surface area contributed by atoms with Crippen molar-refractivity contribution in [2.24, 2.45) is 0 Å². The molecule has 5 heteroatoms. The van der Waals surface area contributed by atoms with Crippen LogP contribution in [0.4, 0.5) is 4.39 Å². The zero-order valence-corrected chi connectivity index (χ0v) is 14.8. The maximum atomic E-state index is 14.1. The third-order valence-electron chi connectivity index (χ3n) is 4.66. The van der Waals surface area contributed by atoms with Crippen molar-refractivity contribution in [2.75, 3.05) is 40.4 Å². The van der Waals surface area contributed by atoms with Crippen molar-refractivity contribution in [2.45, 2.75) is 12.5 Å². The van der Waals surface area contributed by atoms with E-state index in [2.05, 4.69) is 10.2 Å². The third-order valence-corrected chi connectivity index (χ3v) is 4.66. The van der Waals surface area contributed by atoms with Crippen LogP contribution in [-0.4, -0.2) is 45.3 Å². The van der Waals surface area contributed by atoms with E-state index in [1.807, 2.05) is 24.3 Å². The van der Waals surface area contributed by atoms with E-state index in [1.54, 1.807) is 26.4 Å². The predicted molar refractivity (Wildman–Crippen MR) is 96.8 cm³/mol. The molecule has 2 aromatic carbocycles. The minimum atomic E-state index is -0.261. The van der Waals surface area contributed by atoms with Gasteiger partial charge in [0.25, 0.3) is 0 Å². The van der Waals surface area contributed by atoms with Gasteiger partial charge in [-0.3, -0.25) is 4.90 Å². The first kappa shape index (κ1) is 17.7. The molecule has 1 N–H and O–H groups in total. The molecule has 0 aromatic heterocycles. The van der Waals surface area contributed by atoms with Crippen LogP contribution in [0.2, 0.25) is 0 Å². The van der Waals surface area contributed by atoms with Crippen LogP contribution in [0.1, 0.15) is 23.6 Å². The smallest absolute Gasteiger partial charge is 0.124 e. The van der Waals surface area contributed by atoms with Crippen LogP contribution < -0.4 is 14.8 Å². The molecule has 3 rings (SSSR count). The molecule has 0 aliphatic carbocycles. The first-order valence-corrected chi connectivity index (χ1v) is 8.65. The lowest BCUT2D eigenvalue weighted by Crippen LogP contribution is -2.33. The molecule has 1 unspecified atom stereocenters. The number of rotatable bonds is 5. The van der Waals surface area contributed by atoms with Crippen LogP contribution in [-0.2, 0) is 0 Å². The van der Waals surface area contributed by atoms with Gasteiger partial charge in [-0.2, -0.15) is 0 Å². The lowest BCUT2D eigenvalue weighted by molar-refractivity contribution is 0.231. The average molecular weight is 344 g/mol. The second-order valence-corrected chi connectivity index (χ2v) is 6.17. The van der Waals surface area contributed by atoms with E-state index in [0.29, 0.717) is 5.75 Å². The topological polar surface area (TPSA) is 33.7 Å². The van der Waals surface area contributed by atoms with Crippen molar-refractivity contribution in [3.63, 3.8) is 0 Å². The molecule has 1 fully saturated rings. The van der Waals surface area contributed by atoms with Crippen LogP contribution in [0.3, 0.4) is 0 Å². The summed E-state index contributed by atoms with van der Waals surface area (Å²) in [4.78, 5) is 2.37. The summed E-state index contributed by atoms with van der Waals surface area (Å²) in [7, 11) is 3.29. The van der Waals surface area contributed by atoms with Crippen molar-refractivity contribution >= 4 is 0 Å². The van der Waals surface area contributed by atoms with Gasteiger partial charge in [0.2, 0.25) is 0 Å². The normalized spacial score (nSPS) is 16.9. The maximum Gasteiger partial charge on any atom is 0.124 e. The summed E-state index contributed by atoms with van der Waals surface area (Å²) in [5.41, 5.74) is 1.85. The molecule has 1 aliphatic heterocycles. The average Bonchev–Trinajstić information content (AvgIpc) is 2.92. The number of halogens is 1. The van der Waals surface area contributed by atoms with Gasteiger partial charge in [-0.25, -0.2) is 4.39 Å². The summed E-state index contributed by atoms with van der Waals surface area (Å²) in [6.07, 6.45) is 1.04. The molecule has 1 aliphatic rings. The molecule has 25 heavy (non-hydrogen) atoms. The Morgan fingerprint density at radius 1 is 0.960 bits per heavy atom. The number of nitrogens with one attached hydrogen (secondary N) is 1. The van der Waals surface area contributed by atoms with Gasteiger partial charge < -0.3 is 14.8 Å². The number of hydrogen-bond donors (Lipinski definition) is 1. The Balaban J connectivity index is 2.13. The molecule has 0 amide bonds. The largest absolute Gasteiger partial charge is 0.496 e. The first-order chi connectivity index (χ1) is 12.2. The fourth-order valence-corrected chi connectivity index (χ4v) is 3.50. The predicted octanol–water partition coefficient (Wildman–Crippen LogP) is 3.23. The lowest BCUT2D eigenvalue weighted by atomic mass is 9.95. The van der Waals surface area contributed by atoms with E-state index < -0.39 is 0 Å². The Labute approximate surface area is 148 Å². The number of hydrogen-bond acceptors (Lipinski definition) is 4. The maximum absolute atomic E-state index is 14.1. The van der Waals surface area contributed by atoms with Gasteiger partial charge in [0.15, 0.2) is 0 Å². The van der Waals surface area contributed by atoms with Crippen molar-refractivity contribution < 1.29 is 13.9 Å². The van der Waals surface area contributed by atoms with Crippen molar-refractivity contribution in [1.82, 2.24) is 10.2 Å². The molecule has 0 radical (unpaired) electrons. The van der Waals surface area contributed by atoms with Crippen LogP contribution in [0.15, 0.2) is 42.5 Å². The van der Waals surface area contributed by atoms with Crippen molar-refractivity contribution in [1.29, 1.82) is 0 Å². The van der Waals surface area contributed by atoms with Crippen LogP contribution in [0.25, 0.3) is 0 Å². The molecular formula is C20H25FN2O2. The van der Waals surface area contributed by atoms with E-state index in [4.69, 9.17) is 9.47 Å². The Kier molecular flexibility index (Phi) is 5.89. The van der Waals surface area contributed by atoms with Gasteiger partial charge in [0.05, 0.1) is 20.3 Å². The second-order valence-electron chi connectivity index (χ2n) is 6.17. The molecule has 0 saturated carbocycles. The summed E-state index contributed by atoms with van der Waals surface area (Å²) < 4.78 is 25.2. The molecule has 1 atom stereocenters. The molecule has 2 aromatic rings. The molecule has 134 valence electrons. The van der Waals surface area contributed by atoms with E-state index in [9.17, 15) is 4.39 Å². The highest BCUT2D eigenvalue weighted by molar-refractivity contribution is 5.47. The summed E-state index contributed by atoms with van der Waals surface area (Å²) in [5, 5.41) is 3.43. The molecule has 1 heterocycles. The molecule has 0 spiro atoms. The zero-order valence-electron chi connectivity index (χ0n) is 14.8. The van der Waals surface area contributed by atoms with Gasteiger partial charge in [0.1, 0.15) is 17.3 Å². The Morgan fingerprint density at radius 2 is 1.72 bits per heavy atom. The molecular weight excluding hydrogens is 319 g/mol. The fourth-order valence-electron chi connectivity index (χ4n) is 3.50. The van der Waals surface area contributed by atoms with Gasteiger partial charge >= 0.3 is 0 Å². The minimum absolute atomic E-state index is 0.123. The quantitative estimate of drug-likeness (QED) is 0.903. The van der Waals surface area contributed by atoms with Crippen LogP contribution in [0, 0.1) is 5.82 Å². The van der Waals surface area contributed by atoms with Crippen molar-refractivity contribution in [3.05, 3.63) is 59.4 Å². The highest BCUT2D eigenvalue weighted by Crippen LogP contribution is 2.39. The van der Waals surface area contributed by atoms with E-state index >= 15 is 0 Å². The number of benzene rings is 2.